The molecule has 0 aliphatic heterocycles. The first-order valence-electron chi connectivity index (χ1n) is 6.25. The van der Waals surface area contributed by atoms with Crippen molar-refractivity contribution in [2.24, 2.45) is 5.92 Å². The lowest BCUT2D eigenvalue weighted by Crippen LogP contribution is -2.36. The van der Waals surface area contributed by atoms with Crippen LogP contribution in [0.2, 0.25) is 0 Å². The van der Waals surface area contributed by atoms with Gasteiger partial charge in [0.2, 0.25) is 0 Å². The van der Waals surface area contributed by atoms with E-state index in [2.05, 4.69) is 24.1 Å². The summed E-state index contributed by atoms with van der Waals surface area (Å²) in [5.74, 6) is 1.37. The summed E-state index contributed by atoms with van der Waals surface area (Å²) in [6.45, 7) is 8.88. The van der Waals surface area contributed by atoms with Gasteiger partial charge in [0.1, 0.15) is 0 Å². The maximum atomic E-state index is 12.2. The molecule has 0 saturated carbocycles. The van der Waals surface area contributed by atoms with Crippen LogP contribution in [0.1, 0.15) is 34.1 Å². The first kappa shape index (κ1) is 15.0. The molecular formula is C13H22ClN3O. The predicted octanol–water partition coefficient (Wildman–Crippen LogP) is 2.72. The fraction of sp³-hybridized carbons (Fsp3) is 0.692. The third-order valence-electron chi connectivity index (χ3n) is 2.65. The molecule has 0 saturated heterocycles. The standard InChI is InChI=1S/C13H22ClN3O/c1-10(2)9-17-8-7-15-11(12(17)18)16-13(3,4)5-6-14/h7-8,10H,5-6,9H2,1-4H3,(H,15,16). The molecule has 1 N–H and O–H groups in total. The van der Waals surface area contributed by atoms with Crippen molar-refractivity contribution in [3.8, 4) is 0 Å². The Labute approximate surface area is 113 Å². The Balaban J connectivity index is 2.94. The van der Waals surface area contributed by atoms with Crippen LogP contribution in [0, 0.1) is 5.92 Å². The van der Waals surface area contributed by atoms with Crippen LogP contribution in [0.25, 0.3) is 0 Å². The minimum absolute atomic E-state index is 0.0751. The van der Waals surface area contributed by atoms with Crippen molar-refractivity contribution in [1.82, 2.24) is 9.55 Å². The largest absolute Gasteiger partial charge is 0.361 e. The van der Waals surface area contributed by atoms with Gasteiger partial charge in [-0.3, -0.25) is 4.79 Å². The Morgan fingerprint density at radius 2 is 2.17 bits per heavy atom. The molecule has 5 heteroatoms. The van der Waals surface area contributed by atoms with E-state index >= 15 is 0 Å². The van der Waals surface area contributed by atoms with Crippen molar-refractivity contribution >= 4 is 17.4 Å². The quantitative estimate of drug-likeness (QED) is 0.810. The van der Waals surface area contributed by atoms with Crippen LogP contribution in [-0.4, -0.2) is 21.0 Å². The number of nitrogens with one attached hydrogen (secondary N) is 1. The smallest absolute Gasteiger partial charge is 0.293 e. The van der Waals surface area contributed by atoms with Crippen molar-refractivity contribution in [1.29, 1.82) is 0 Å². The van der Waals surface area contributed by atoms with E-state index in [1.807, 2.05) is 13.8 Å². The molecule has 1 rings (SSSR count). The van der Waals surface area contributed by atoms with Crippen molar-refractivity contribution < 1.29 is 0 Å². The summed E-state index contributed by atoms with van der Waals surface area (Å²) in [5.41, 5.74) is -0.306. The molecule has 0 unspecified atom stereocenters. The first-order chi connectivity index (χ1) is 8.35. The summed E-state index contributed by atoms with van der Waals surface area (Å²) in [6.07, 6.45) is 4.15. The van der Waals surface area contributed by atoms with Crippen LogP contribution in [0.3, 0.4) is 0 Å². The molecule has 1 heterocycles. The molecular weight excluding hydrogens is 250 g/mol. The Bertz CT molecular complexity index is 440. The van der Waals surface area contributed by atoms with E-state index in [0.717, 1.165) is 6.42 Å². The summed E-state index contributed by atoms with van der Waals surface area (Å²) < 4.78 is 1.69. The lowest BCUT2D eigenvalue weighted by molar-refractivity contribution is 0.504. The van der Waals surface area contributed by atoms with Gasteiger partial charge in [-0.25, -0.2) is 4.98 Å². The monoisotopic (exact) mass is 271 g/mol. The highest BCUT2D eigenvalue weighted by atomic mass is 35.5. The topological polar surface area (TPSA) is 46.9 Å². The van der Waals surface area contributed by atoms with E-state index in [-0.39, 0.29) is 11.1 Å². The summed E-state index contributed by atoms with van der Waals surface area (Å²) >= 11 is 5.75. The summed E-state index contributed by atoms with van der Waals surface area (Å²) in [6, 6.07) is 0. The van der Waals surface area contributed by atoms with Gasteiger partial charge >= 0.3 is 0 Å². The highest BCUT2D eigenvalue weighted by molar-refractivity contribution is 6.17. The molecule has 0 bridgehead atoms. The number of halogens is 1. The van der Waals surface area contributed by atoms with E-state index in [0.29, 0.717) is 24.2 Å². The van der Waals surface area contributed by atoms with Crippen molar-refractivity contribution in [2.75, 3.05) is 11.2 Å². The van der Waals surface area contributed by atoms with E-state index in [9.17, 15) is 4.79 Å². The van der Waals surface area contributed by atoms with Gasteiger partial charge in [-0.05, 0) is 26.2 Å². The molecule has 0 spiro atoms. The molecule has 102 valence electrons. The summed E-state index contributed by atoms with van der Waals surface area (Å²) in [5, 5.41) is 3.17. The highest BCUT2D eigenvalue weighted by Crippen LogP contribution is 2.14. The zero-order valence-corrected chi connectivity index (χ0v) is 12.3. The van der Waals surface area contributed by atoms with E-state index in [1.165, 1.54) is 0 Å². The van der Waals surface area contributed by atoms with Gasteiger partial charge in [0.25, 0.3) is 5.56 Å². The molecule has 0 aromatic carbocycles. The molecule has 1 aromatic rings. The van der Waals surface area contributed by atoms with E-state index in [1.54, 1.807) is 17.0 Å². The fourth-order valence-corrected chi connectivity index (χ4v) is 2.16. The van der Waals surface area contributed by atoms with E-state index in [4.69, 9.17) is 11.6 Å². The fourth-order valence-electron chi connectivity index (χ4n) is 1.69. The molecule has 4 nitrogen and oxygen atoms in total. The van der Waals surface area contributed by atoms with Gasteiger partial charge in [0.05, 0.1) is 0 Å². The predicted molar refractivity (Wildman–Crippen MR) is 76.4 cm³/mol. The minimum atomic E-state index is -0.231. The second-order valence-corrected chi connectivity index (χ2v) is 5.95. The Hall–Kier alpha value is -1.03. The normalized spacial score (nSPS) is 11.9. The minimum Gasteiger partial charge on any atom is -0.361 e. The van der Waals surface area contributed by atoms with Gasteiger partial charge in [0, 0.05) is 30.4 Å². The van der Waals surface area contributed by atoms with Crippen LogP contribution in [0.4, 0.5) is 5.82 Å². The van der Waals surface area contributed by atoms with Crippen LogP contribution in [0.5, 0.6) is 0 Å². The molecule has 0 aliphatic carbocycles. The summed E-state index contributed by atoms with van der Waals surface area (Å²) in [7, 11) is 0. The maximum absolute atomic E-state index is 12.2. The Morgan fingerprint density at radius 3 is 2.72 bits per heavy atom. The van der Waals surface area contributed by atoms with Crippen molar-refractivity contribution in [3.63, 3.8) is 0 Å². The molecule has 1 aromatic heterocycles. The van der Waals surface area contributed by atoms with Crippen LogP contribution in [0.15, 0.2) is 17.2 Å². The SMILES string of the molecule is CC(C)Cn1ccnc(NC(C)(C)CCCl)c1=O. The number of alkyl halides is 1. The van der Waals surface area contributed by atoms with Gasteiger partial charge in [0.15, 0.2) is 5.82 Å². The molecule has 0 aliphatic rings. The van der Waals surface area contributed by atoms with Crippen LogP contribution in [-0.2, 0) is 6.54 Å². The average Bonchev–Trinajstić information content (AvgIpc) is 2.23. The Kier molecular flexibility index (Phi) is 5.20. The number of anilines is 1. The lowest BCUT2D eigenvalue weighted by Gasteiger charge is -2.25. The molecule has 0 atom stereocenters. The van der Waals surface area contributed by atoms with Gasteiger partial charge in [-0.1, -0.05) is 13.8 Å². The zero-order valence-electron chi connectivity index (χ0n) is 11.5. The number of rotatable bonds is 6. The van der Waals surface area contributed by atoms with Crippen molar-refractivity contribution in [3.05, 3.63) is 22.7 Å². The lowest BCUT2D eigenvalue weighted by atomic mass is 10.0. The number of nitrogens with zero attached hydrogens (tertiary/aromatic N) is 2. The first-order valence-corrected chi connectivity index (χ1v) is 6.79. The van der Waals surface area contributed by atoms with Gasteiger partial charge in [-0.15, -0.1) is 11.6 Å². The highest BCUT2D eigenvalue weighted by Gasteiger charge is 2.19. The van der Waals surface area contributed by atoms with Gasteiger partial charge < -0.3 is 9.88 Å². The number of hydrogen-bond donors (Lipinski definition) is 1. The number of aromatic nitrogens is 2. The summed E-state index contributed by atoms with van der Waals surface area (Å²) in [4.78, 5) is 16.3. The number of hydrogen-bond acceptors (Lipinski definition) is 3. The van der Waals surface area contributed by atoms with Crippen molar-refractivity contribution in [2.45, 2.75) is 46.2 Å². The molecule has 0 fully saturated rings. The maximum Gasteiger partial charge on any atom is 0.293 e. The second-order valence-electron chi connectivity index (χ2n) is 5.58. The molecule has 0 amide bonds. The van der Waals surface area contributed by atoms with Crippen LogP contribution < -0.4 is 10.9 Å². The van der Waals surface area contributed by atoms with Gasteiger partial charge in [-0.2, -0.15) is 0 Å². The third-order valence-corrected chi connectivity index (χ3v) is 2.84. The zero-order chi connectivity index (χ0) is 13.8. The van der Waals surface area contributed by atoms with E-state index < -0.39 is 0 Å². The van der Waals surface area contributed by atoms with Crippen LogP contribution >= 0.6 is 11.6 Å². The second kappa shape index (κ2) is 6.23. The third kappa shape index (κ3) is 4.33. The average molecular weight is 272 g/mol. The Morgan fingerprint density at radius 1 is 1.50 bits per heavy atom. The molecule has 0 radical (unpaired) electrons. The molecule has 18 heavy (non-hydrogen) atoms.